The third kappa shape index (κ3) is 105. The maximum atomic E-state index is 9.00. The van der Waals surface area contributed by atoms with E-state index in [9.17, 15) is 0 Å². The van der Waals surface area contributed by atoms with Gasteiger partial charge in [0.25, 0.3) is 23.9 Å². The summed E-state index contributed by atoms with van der Waals surface area (Å²) in [4.78, 5) is 36.0. The lowest BCUT2D eigenvalue weighted by molar-refractivity contribution is -0.135. The first kappa shape index (κ1) is 130. The van der Waals surface area contributed by atoms with Crippen LogP contribution < -0.4 is 0 Å². The summed E-state index contributed by atoms with van der Waals surface area (Å²) in [6.45, 7) is 4.33. The van der Waals surface area contributed by atoms with Crippen LogP contribution in [0.1, 0.15) is 695 Å². The lowest BCUT2D eigenvalue weighted by Crippen LogP contribution is -2.09. The van der Waals surface area contributed by atoms with Crippen molar-refractivity contribution in [1.82, 2.24) is 0 Å². The molecule has 8 aliphatic carbocycles. The summed E-state index contributed by atoms with van der Waals surface area (Å²) >= 11 is 0. The Morgan fingerprint density at radius 1 is 0.110 bits per heavy atom. The third-order valence-electron chi connectivity index (χ3n) is 30.2. The Morgan fingerprint density at radius 3 is 0.191 bits per heavy atom. The van der Waals surface area contributed by atoms with Gasteiger partial charge in [-0.05, 0) is 103 Å². The van der Waals surface area contributed by atoms with Gasteiger partial charge in [-0.1, -0.05) is 565 Å². The van der Waals surface area contributed by atoms with Gasteiger partial charge in [0, 0.05) is 27.7 Å². The van der Waals surface area contributed by atoms with Crippen LogP contribution in [-0.4, -0.2) is 92.6 Å². The minimum atomic E-state index is -0.833. The molecule has 8 saturated carbocycles. The largest absolute Gasteiger partial charge is 0.481 e. The van der Waals surface area contributed by atoms with Gasteiger partial charge in [-0.2, -0.15) is 40.9 Å². The molecule has 0 radical (unpaired) electrons. The van der Waals surface area contributed by atoms with Crippen LogP contribution in [0.2, 0.25) is 0 Å². The molecule has 0 aromatic rings. The molecule has 0 unspecified atom stereocenters. The van der Waals surface area contributed by atoms with Crippen molar-refractivity contribution in [3.8, 4) is 0 Å². The Kier molecular flexibility index (Phi) is 103. The fraction of sp³-hybridized carbons (Fsp3) is 0.967. The van der Waals surface area contributed by atoms with Gasteiger partial charge in [-0.3, -0.25) is 19.2 Å². The zero-order valence-electron chi connectivity index (χ0n) is 91.2. The Bertz CT molecular complexity index is 1990. The highest BCUT2D eigenvalue weighted by molar-refractivity contribution is 5.63. The lowest BCUT2D eigenvalue weighted by atomic mass is 9.98. The average molecular weight is 1920 g/mol. The number of carboxylic acid groups (broad SMARTS) is 4. The van der Waals surface area contributed by atoms with Crippen LogP contribution in [0.4, 0.5) is 0 Å². The van der Waals surface area contributed by atoms with Crippen LogP contribution in [0.5, 0.6) is 0 Å². The standard InChI is InChI=1S/4C28H54N2.4C2H4O2/c4*1-3-7-11-15-19-23-27(24-20-16-12-8-4-1)29-30-28-25-21-17-13-9-5-2-6-10-14-18-22-26-28;4*1-2(3)4/h4*27-28H,1-26H2;4*1H3,(H,3,4). The fourth-order valence-electron chi connectivity index (χ4n) is 21.6. The molecule has 4 N–H and O–H groups in total. The highest BCUT2D eigenvalue weighted by Crippen LogP contribution is 2.31. The fourth-order valence-corrected chi connectivity index (χ4v) is 21.6. The van der Waals surface area contributed by atoms with E-state index in [4.69, 9.17) is 80.5 Å². The van der Waals surface area contributed by atoms with Crippen LogP contribution in [0.25, 0.3) is 0 Å². The number of nitrogens with zero attached hydrogens (tertiary/aromatic N) is 8. The van der Waals surface area contributed by atoms with E-state index >= 15 is 0 Å². The van der Waals surface area contributed by atoms with E-state index in [2.05, 4.69) is 0 Å². The van der Waals surface area contributed by atoms with Crippen molar-refractivity contribution >= 4 is 23.9 Å². The molecule has 0 saturated heterocycles. The normalized spacial score (nSPS) is 23.2. The second-order valence-electron chi connectivity index (χ2n) is 44.0. The van der Waals surface area contributed by atoms with Crippen molar-refractivity contribution in [2.45, 2.75) is 744 Å². The summed E-state index contributed by atoms with van der Waals surface area (Å²) in [6.07, 6.45) is 147. The van der Waals surface area contributed by atoms with Gasteiger partial charge < -0.3 is 20.4 Å². The van der Waals surface area contributed by atoms with E-state index in [0.717, 1.165) is 27.7 Å². The third-order valence-corrected chi connectivity index (χ3v) is 30.2. The average Bonchev–Trinajstić information content (AvgIpc) is 0.966. The molecular weight excluding hydrogens is 1680 g/mol. The molecule has 800 valence electrons. The topological polar surface area (TPSA) is 248 Å². The van der Waals surface area contributed by atoms with Crippen molar-refractivity contribution in [1.29, 1.82) is 0 Å². The summed E-state index contributed by atoms with van der Waals surface area (Å²) in [7, 11) is 0. The summed E-state index contributed by atoms with van der Waals surface area (Å²) in [5, 5.41) is 69.7. The molecule has 0 heterocycles. The van der Waals surface area contributed by atoms with E-state index in [1.54, 1.807) is 0 Å². The number of azo groups is 4. The van der Waals surface area contributed by atoms with Crippen LogP contribution >= 0.6 is 0 Å². The highest BCUT2D eigenvalue weighted by atomic mass is 16.4. The number of hydrogen-bond acceptors (Lipinski definition) is 12. The number of rotatable bonds is 8. The maximum absolute atomic E-state index is 9.00. The summed E-state index contributed by atoms with van der Waals surface area (Å²) in [6, 6.07) is 4.12. The Labute approximate surface area is 843 Å². The number of aliphatic carboxylic acids is 4. The molecule has 0 bridgehead atoms. The molecule has 0 atom stereocenters. The predicted molar refractivity (Wildman–Crippen MR) is 583 cm³/mol. The molecule has 0 spiro atoms. The Hall–Kier alpha value is -3.72. The molecule has 0 aromatic heterocycles. The minimum Gasteiger partial charge on any atom is -0.481 e. The predicted octanol–water partition coefficient (Wildman–Crippen LogP) is 41.7. The van der Waals surface area contributed by atoms with Crippen LogP contribution in [0.15, 0.2) is 40.9 Å². The summed E-state index contributed by atoms with van der Waals surface area (Å²) < 4.78 is 0. The van der Waals surface area contributed by atoms with Gasteiger partial charge in [0.2, 0.25) is 0 Å². The second kappa shape index (κ2) is 107. The molecule has 8 rings (SSSR count). The van der Waals surface area contributed by atoms with E-state index in [1.807, 2.05) is 0 Å². The van der Waals surface area contributed by atoms with Crippen LogP contribution in [-0.2, 0) is 19.2 Å². The van der Waals surface area contributed by atoms with Crippen LogP contribution in [0, 0.1) is 0 Å². The molecule has 136 heavy (non-hydrogen) atoms. The monoisotopic (exact) mass is 1910 g/mol. The number of hydrogen-bond donors (Lipinski definition) is 4. The first-order chi connectivity index (χ1) is 66.7. The first-order valence-electron chi connectivity index (χ1n) is 61.1. The zero-order chi connectivity index (χ0) is 98.1. The van der Waals surface area contributed by atoms with Crippen molar-refractivity contribution in [3.05, 3.63) is 0 Å². The maximum Gasteiger partial charge on any atom is 0.300 e. The van der Waals surface area contributed by atoms with E-state index < -0.39 is 23.9 Å². The quantitative estimate of drug-likeness (QED) is 0.170. The Balaban J connectivity index is 0.000000857. The molecule has 16 heteroatoms. The van der Waals surface area contributed by atoms with Gasteiger partial charge in [0.05, 0.1) is 48.3 Å². The van der Waals surface area contributed by atoms with Gasteiger partial charge in [-0.15, -0.1) is 0 Å². The van der Waals surface area contributed by atoms with Crippen molar-refractivity contribution in [3.63, 3.8) is 0 Å². The van der Waals surface area contributed by atoms with Gasteiger partial charge >= 0.3 is 0 Å². The van der Waals surface area contributed by atoms with Crippen molar-refractivity contribution in [2.75, 3.05) is 0 Å². The summed E-state index contributed by atoms with van der Waals surface area (Å²) in [5.41, 5.74) is 0. The Morgan fingerprint density at radius 2 is 0.147 bits per heavy atom. The van der Waals surface area contributed by atoms with Crippen molar-refractivity contribution < 1.29 is 39.6 Å². The van der Waals surface area contributed by atoms with E-state index in [-0.39, 0.29) is 0 Å². The van der Waals surface area contributed by atoms with E-state index in [0.29, 0.717) is 48.3 Å². The first-order valence-corrected chi connectivity index (χ1v) is 61.1. The second-order valence-corrected chi connectivity index (χ2v) is 44.0. The molecule has 0 amide bonds. The number of carboxylic acids is 4. The minimum absolute atomic E-state index is 0.515. The smallest absolute Gasteiger partial charge is 0.300 e. The van der Waals surface area contributed by atoms with E-state index in [1.165, 1.54) is 668 Å². The molecule has 16 nitrogen and oxygen atoms in total. The van der Waals surface area contributed by atoms with Gasteiger partial charge in [-0.25, -0.2) is 0 Å². The summed E-state index contributed by atoms with van der Waals surface area (Å²) in [5.74, 6) is -3.33. The van der Waals surface area contributed by atoms with Crippen LogP contribution in [0.3, 0.4) is 0 Å². The van der Waals surface area contributed by atoms with Gasteiger partial charge in [0.1, 0.15) is 0 Å². The van der Waals surface area contributed by atoms with Crippen molar-refractivity contribution in [2.24, 2.45) is 40.9 Å². The molecular formula is C120H232N8O8. The van der Waals surface area contributed by atoms with Gasteiger partial charge in [0.15, 0.2) is 0 Å². The molecule has 8 aliphatic rings. The zero-order valence-corrected chi connectivity index (χ0v) is 91.2. The lowest BCUT2D eigenvalue weighted by Gasteiger charge is -2.16. The SMILES string of the molecule is C1CCCCCCC(N=NC2CCCCCCCCCCCCC2)CCCCCC1.C1CCCCCCC(N=NC2CCCCCCCCCCCCC2)CCCCCC1.C1CCCCCCC(N=NC2CCCCCCCCCCCCC2)CCCCCC1.C1CCCCCCC(N=NC2CCCCCCCCCCCCC2)CCCCCC1.CC(=O)O.CC(=O)O.CC(=O)O.CC(=O)O. The number of carbonyl (C=O) groups is 4. The molecule has 0 aliphatic heterocycles. The highest BCUT2D eigenvalue weighted by Gasteiger charge is 2.19. The molecule has 0 aromatic carbocycles. The molecule has 8 fully saturated rings.